The standard InChI is InChI=1S/C20H25NO2/c1-3-21-15-14-18-8-12-20(13-9-18)23-16-4-5-17-6-10-19(22-2)11-7-17/h3,6-13,21H,1,4-5,14-16H2,2H3. The van der Waals surface area contributed by atoms with Crippen LogP contribution in [0.2, 0.25) is 0 Å². The van der Waals surface area contributed by atoms with Crippen LogP contribution >= 0.6 is 0 Å². The van der Waals surface area contributed by atoms with E-state index in [1.807, 2.05) is 24.3 Å². The SMILES string of the molecule is C=CNCCc1ccc(OCCCc2ccc(OC)cc2)cc1. The van der Waals surface area contributed by atoms with Crippen LogP contribution in [0.25, 0.3) is 0 Å². The zero-order valence-corrected chi connectivity index (χ0v) is 13.8. The van der Waals surface area contributed by atoms with E-state index in [4.69, 9.17) is 9.47 Å². The first kappa shape index (κ1) is 16.9. The normalized spacial score (nSPS) is 10.1. The van der Waals surface area contributed by atoms with Gasteiger partial charge in [0.1, 0.15) is 11.5 Å². The summed E-state index contributed by atoms with van der Waals surface area (Å²) in [5.74, 6) is 1.83. The predicted octanol–water partition coefficient (Wildman–Crippen LogP) is 3.98. The van der Waals surface area contributed by atoms with Crippen molar-refractivity contribution in [2.24, 2.45) is 0 Å². The van der Waals surface area contributed by atoms with E-state index < -0.39 is 0 Å². The molecule has 2 rings (SSSR count). The predicted molar refractivity (Wildman–Crippen MR) is 95.2 cm³/mol. The Bertz CT molecular complexity index is 576. The minimum absolute atomic E-state index is 0.726. The summed E-state index contributed by atoms with van der Waals surface area (Å²) in [4.78, 5) is 0. The van der Waals surface area contributed by atoms with Gasteiger partial charge < -0.3 is 14.8 Å². The molecule has 1 N–H and O–H groups in total. The lowest BCUT2D eigenvalue weighted by atomic mass is 10.1. The van der Waals surface area contributed by atoms with Gasteiger partial charge in [0.2, 0.25) is 0 Å². The zero-order valence-electron chi connectivity index (χ0n) is 13.8. The number of hydrogen-bond donors (Lipinski definition) is 1. The molecule has 0 aliphatic rings. The average Bonchev–Trinajstić information content (AvgIpc) is 2.61. The third kappa shape index (κ3) is 6.07. The molecule has 3 nitrogen and oxygen atoms in total. The third-order valence-electron chi connectivity index (χ3n) is 3.66. The van der Waals surface area contributed by atoms with Gasteiger partial charge in [0.25, 0.3) is 0 Å². The van der Waals surface area contributed by atoms with E-state index in [9.17, 15) is 0 Å². The number of ether oxygens (including phenoxy) is 2. The molecule has 0 bridgehead atoms. The third-order valence-corrected chi connectivity index (χ3v) is 3.66. The molecule has 0 amide bonds. The summed E-state index contributed by atoms with van der Waals surface area (Å²) < 4.78 is 11.0. The molecule has 0 aliphatic heterocycles. The van der Waals surface area contributed by atoms with Gasteiger partial charge in [-0.05, 0) is 60.9 Å². The van der Waals surface area contributed by atoms with Crippen LogP contribution in [-0.4, -0.2) is 20.3 Å². The molecule has 0 radical (unpaired) electrons. The Balaban J connectivity index is 1.68. The van der Waals surface area contributed by atoms with Crippen LogP contribution < -0.4 is 14.8 Å². The average molecular weight is 311 g/mol. The lowest BCUT2D eigenvalue weighted by molar-refractivity contribution is 0.311. The maximum atomic E-state index is 5.80. The molecule has 0 heterocycles. The Morgan fingerprint density at radius 2 is 1.52 bits per heavy atom. The molecular weight excluding hydrogens is 286 g/mol. The summed E-state index contributed by atoms with van der Waals surface area (Å²) in [6.45, 7) is 5.27. The van der Waals surface area contributed by atoms with Crippen molar-refractivity contribution in [3.05, 3.63) is 72.4 Å². The molecule has 2 aromatic rings. The van der Waals surface area contributed by atoms with Gasteiger partial charge in [-0.15, -0.1) is 0 Å². The summed E-state index contributed by atoms with van der Waals surface area (Å²) in [7, 11) is 1.68. The largest absolute Gasteiger partial charge is 0.497 e. The van der Waals surface area contributed by atoms with Crippen LogP contribution in [0.1, 0.15) is 17.5 Å². The first-order chi connectivity index (χ1) is 11.3. The van der Waals surface area contributed by atoms with Gasteiger partial charge in [-0.1, -0.05) is 30.8 Å². The van der Waals surface area contributed by atoms with Crippen LogP contribution in [0.5, 0.6) is 11.5 Å². The van der Waals surface area contributed by atoms with E-state index >= 15 is 0 Å². The molecule has 0 atom stereocenters. The van der Waals surface area contributed by atoms with Crippen molar-refractivity contribution < 1.29 is 9.47 Å². The zero-order chi connectivity index (χ0) is 16.3. The second-order valence-corrected chi connectivity index (χ2v) is 5.35. The molecule has 0 fully saturated rings. The number of nitrogens with one attached hydrogen (secondary N) is 1. The van der Waals surface area contributed by atoms with Crippen molar-refractivity contribution in [3.63, 3.8) is 0 Å². The summed E-state index contributed by atoms with van der Waals surface area (Å²) in [6, 6.07) is 16.5. The summed E-state index contributed by atoms with van der Waals surface area (Å²) >= 11 is 0. The molecule has 0 saturated heterocycles. The summed E-state index contributed by atoms with van der Waals surface area (Å²) in [5, 5.41) is 3.10. The van der Waals surface area contributed by atoms with E-state index in [1.54, 1.807) is 13.3 Å². The van der Waals surface area contributed by atoms with Gasteiger partial charge in [0, 0.05) is 6.54 Å². The lowest BCUT2D eigenvalue weighted by Crippen LogP contribution is -2.08. The Kier molecular flexibility index (Phi) is 7.05. The fourth-order valence-corrected chi connectivity index (χ4v) is 2.33. The number of benzene rings is 2. The summed E-state index contributed by atoms with van der Waals surface area (Å²) in [5.41, 5.74) is 2.60. The maximum absolute atomic E-state index is 5.80. The van der Waals surface area contributed by atoms with Gasteiger partial charge in [-0.3, -0.25) is 0 Å². The molecule has 0 spiro atoms. The Labute approximate surface area is 138 Å². The molecule has 0 unspecified atom stereocenters. The van der Waals surface area contributed by atoms with Crippen LogP contribution in [0, 0.1) is 0 Å². The second-order valence-electron chi connectivity index (χ2n) is 5.35. The van der Waals surface area contributed by atoms with Crippen molar-refractivity contribution in [3.8, 4) is 11.5 Å². The lowest BCUT2D eigenvalue weighted by Gasteiger charge is -2.08. The highest BCUT2D eigenvalue weighted by molar-refractivity contribution is 5.28. The maximum Gasteiger partial charge on any atom is 0.119 e. The molecule has 0 aliphatic carbocycles. The topological polar surface area (TPSA) is 30.5 Å². The summed E-state index contributed by atoms with van der Waals surface area (Å²) in [6.07, 6.45) is 4.72. The van der Waals surface area contributed by atoms with Crippen molar-refractivity contribution in [2.45, 2.75) is 19.3 Å². The van der Waals surface area contributed by atoms with Gasteiger partial charge in [0.05, 0.1) is 13.7 Å². The highest BCUT2D eigenvalue weighted by Gasteiger charge is 1.98. The molecule has 2 aromatic carbocycles. The van der Waals surface area contributed by atoms with Crippen LogP contribution in [0.3, 0.4) is 0 Å². The first-order valence-electron chi connectivity index (χ1n) is 8.01. The smallest absolute Gasteiger partial charge is 0.119 e. The molecule has 3 heteroatoms. The Morgan fingerprint density at radius 1 is 0.913 bits per heavy atom. The molecule has 0 saturated carbocycles. The van der Waals surface area contributed by atoms with E-state index in [-0.39, 0.29) is 0 Å². The molecule has 23 heavy (non-hydrogen) atoms. The first-order valence-corrected chi connectivity index (χ1v) is 8.01. The van der Waals surface area contributed by atoms with Crippen molar-refractivity contribution >= 4 is 0 Å². The monoisotopic (exact) mass is 311 g/mol. The Hall–Kier alpha value is -2.42. The van der Waals surface area contributed by atoms with Crippen molar-refractivity contribution in [1.29, 1.82) is 0 Å². The van der Waals surface area contributed by atoms with E-state index in [1.165, 1.54) is 11.1 Å². The quantitative estimate of drug-likeness (QED) is 0.673. The van der Waals surface area contributed by atoms with Crippen molar-refractivity contribution in [2.75, 3.05) is 20.3 Å². The fraction of sp³-hybridized carbons (Fsp3) is 0.300. The highest BCUT2D eigenvalue weighted by Crippen LogP contribution is 2.15. The van der Waals surface area contributed by atoms with Crippen molar-refractivity contribution in [1.82, 2.24) is 5.32 Å². The number of hydrogen-bond acceptors (Lipinski definition) is 3. The van der Waals surface area contributed by atoms with E-state index in [0.717, 1.165) is 43.9 Å². The molecule has 122 valence electrons. The van der Waals surface area contributed by atoms with Crippen LogP contribution in [-0.2, 0) is 12.8 Å². The molecular formula is C20H25NO2. The molecule has 0 aromatic heterocycles. The van der Waals surface area contributed by atoms with Gasteiger partial charge in [0.15, 0.2) is 0 Å². The number of aryl methyl sites for hydroxylation is 1. The second kappa shape index (κ2) is 9.57. The number of rotatable bonds is 10. The number of methoxy groups -OCH3 is 1. The van der Waals surface area contributed by atoms with Gasteiger partial charge in [-0.2, -0.15) is 0 Å². The minimum Gasteiger partial charge on any atom is -0.497 e. The highest BCUT2D eigenvalue weighted by atomic mass is 16.5. The minimum atomic E-state index is 0.726. The van der Waals surface area contributed by atoms with Gasteiger partial charge in [-0.25, -0.2) is 0 Å². The Morgan fingerprint density at radius 3 is 2.13 bits per heavy atom. The van der Waals surface area contributed by atoms with Gasteiger partial charge >= 0.3 is 0 Å². The van der Waals surface area contributed by atoms with E-state index in [2.05, 4.69) is 36.2 Å². The van der Waals surface area contributed by atoms with E-state index in [0.29, 0.717) is 0 Å². The van der Waals surface area contributed by atoms with Crippen LogP contribution in [0.4, 0.5) is 0 Å². The fourth-order valence-electron chi connectivity index (χ4n) is 2.33. The van der Waals surface area contributed by atoms with Crippen LogP contribution in [0.15, 0.2) is 61.3 Å².